The lowest BCUT2D eigenvalue weighted by atomic mass is 9.97. The fraction of sp³-hybridized carbons (Fsp3) is 0.769. The minimum Gasteiger partial charge on any atom is -0.375 e. The second-order valence-corrected chi connectivity index (χ2v) is 5.82. The minimum atomic E-state index is 0.637. The molecule has 1 atom stereocenters. The van der Waals surface area contributed by atoms with Gasteiger partial charge in [-0.2, -0.15) is 5.10 Å². The van der Waals surface area contributed by atoms with Crippen LogP contribution in [-0.2, 0) is 18.4 Å². The standard InChI is InChI=1S/C13H22BrN3O/c1-10-13(14)12(17(2)16-10)9-18-7-5-11-4-3-6-15-8-11/h11,15H,3-9H2,1-2H3. The van der Waals surface area contributed by atoms with Gasteiger partial charge in [-0.3, -0.25) is 4.68 Å². The fourth-order valence-electron chi connectivity index (χ4n) is 2.43. The number of rotatable bonds is 5. The Bertz CT molecular complexity index is 386. The molecule has 1 saturated heterocycles. The lowest BCUT2D eigenvalue weighted by Crippen LogP contribution is -2.30. The normalized spacial score (nSPS) is 20.3. The molecule has 0 aromatic carbocycles. The molecule has 2 rings (SSSR count). The molecule has 0 spiro atoms. The number of hydrogen-bond acceptors (Lipinski definition) is 3. The van der Waals surface area contributed by atoms with E-state index in [1.54, 1.807) is 0 Å². The molecular formula is C13H22BrN3O. The number of nitrogens with one attached hydrogen (secondary N) is 1. The predicted octanol–water partition coefficient (Wildman–Crippen LogP) is 2.40. The Morgan fingerprint density at radius 2 is 2.39 bits per heavy atom. The maximum Gasteiger partial charge on any atom is 0.0896 e. The Hall–Kier alpha value is -0.390. The number of ether oxygens (including phenoxy) is 1. The molecule has 4 nitrogen and oxygen atoms in total. The van der Waals surface area contributed by atoms with Gasteiger partial charge < -0.3 is 10.1 Å². The van der Waals surface area contributed by atoms with Crippen LogP contribution in [0.3, 0.4) is 0 Å². The van der Waals surface area contributed by atoms with Gasteiger partial charge in [0.05, 0.1) is 22.5 Å². The number of aromatic nitrogens is 2. The predicted molar refractivity (Wildman–Crippen MR) is 75.5 cm³/mol. The van der Waals surface area contributed by atoms with Crippen molar-refractivity contribution in [2.75, 3.05) is 19.7 Å². The molecule has 18 heavy (non-hydrogen) atoms. The Labute approximate surface area is 117 Å². The number of halogens is 1. The van der Waals surface area contributed by atoms with Crippen LogP contribution in [0, 0.1) is 12.8 Å². The van der Waals surface area contributed by atoms with Gasteiger partial charge in [0.2, 0.25) is 0 Å². The second kappa shape index (κ2) is 6.68. The molecule has 1 aliphatic heterocycles. The Morgan fingerprint density at radius 3 is 3.00 bits per heavy atom. The summed E-state index contributed by atoms with van der Waals surface area (Å²) in [7, 11) is 1.96. The molecule has 102 valence electrons. The van der Waals surface area contributed by atoms with Gasteiger partial charge >= 0.3 is 0 Å². The van der Waals surface area contributed by atoms with Crippen molar-refractivity contribution in [1.82, 2.24) is 15.1 Å². The third-order valence-electron chi connectivity index (χ3n) is 3.57. The average molecular weight is 316 g/mol. The molecule has 1 aromatic heterocycles. The van der Waals surface area contributed by atoms with Crippen molar-refractivity contribution in [2.45, 2.75) is 32.8 Å². The molecule has 5 heteroatoms. The van der Waals surface area contributed by atoms with Crippen LogP contribution in [0.15, 0.2) is 4.47 Å². The Morgan fingerprint density at radius 1 is 1.56 bits per heavy atom. The summed E-state index contributed by atoms with van der Waals surface area (Å²) in [6.45, 7) is 5.80. The zero-order chi connectivity index (χ0) is 13.0. The Balaban J connectivity index is 1.71. The van der Waals surface area contributed by atoms with Gasteiger partial charge in [0.1, 0.15) is 0 Å². The van der Waals surface area contributed by atoms with Crippen molar-refractivity contribution in [3.63, 3.8) is 0 Å². The number of hydrogen-bond donors (Lipinski definition) is 1. The van der Waals surface area contributed by atoms with E-state index in [4.69, 9.17) is 4.74 Å². The average Bonchev–Trinajstić information content (AvgIpc) is 2.61. The highest BCUT2D eigenvalue weighted by Gasteiger charge is 2.13. The summed E-state index contributed by atoms with van der Waals surface area (Å²) >= 11 is 3.56. The molecule has 1 aromatic rings. The molecule has 0 saturated carbocycles. The highest BCUT2D eigenvalue weighted by molar-refractivity contribution is 9.10. The van der Waals surface area contributed by atoms with Crippen molar-refractivity contribution in [2.24, 2.45) is 13.0 Å². The lowest BCUT2D eigenvalue weighted by Gasteiger charge is -2.22. The smallest absolute Gasteiger partial charge is 0.0896 e. The van der Waals surface area contributed by atoms with Crippen LogP contribution in [-0.4, -0.2) is 29.5 Å². The SMILES string of the molecule is Cc1nn(C)c(COCCC2CCCNC2)c1Br. The third kappa shape index (κ3) is 3.56. The Kier molecular flexibility index (Phi) is 5.21. The van der Waals surface area contributed by atoms with Gasteiger partial charge in [0.25, 0.3) is 0 Å². The first-order valence-corrected chi connectivity index (χ1v) is 7.44. The van der Waals surface area contributed by atoms with Crippen LogP contribution in [0.5, 0.6) is 0 Å². The molecule has 1 aliphatic rings. The maximum absolute atomic E-state index is 5.78. The first-order chi connectivity index (χ1) is 8.68. The quantitative estimate of drug-likeness (QED) is 0.848. The number of piperidine rings is 1. The van der Waals surface area contributed by atoms with Crippen molar-refractivity contribution < 1.29 is 4.74 Å². The van der Waals surface area contributed by atoms with E-state index in [1.165, 1.54) is 19.4 Å². The molecule has 1 N–H and O–H groups in total. The van der Waals surface area contributed by atoms with E-state index in [-0.39, 0.29) is 0 Å². The van der Waals surface area contributed by atoms with E-state index < -0.39 is 0 Å². The lowest BCUT2D eigenvalue weighted by molar-refractivity contribution is 0.0986. The molecule has 0 bridgehead atoms. The maximum atomic E-state index is 5.78. The molecular weight excluding hydrogens is 294 g/mol. The van der Waals surface area contributed by atoms with Crippen molar-refractivity contribution in [1.29, 1.82) is 0 Å². The third-order valence-corrected chi connectivity index (χ3v) is 4.60. The molecule has 2 heterocycles. The van der Waals surface area contributed by atoms with Crippen molar-refractivity contribution >= 4 is 15.9 Å². The van der Waals surface area contributed by atoms with Gasteiger partial charge in [0, 0.05) is 13.7 Å². The first kappa shape index (κ1) is 14.0. The van der Waals surface area contributed by atoms with Crippen molar-refractivity contribution in [3.8, 4) is 0 Å². The zero-order valence-corrected chi connectivity index (χ0v) is 12.8. The summed E-state index contributed by atoms with van der Waals surface area (Å²) in [5, 5.41) is 7.80. The highest BCUT2D eigenvalue weighted by atomic mass is 79.9. The van der Waals surface area contributed by atoms with Crippen LogP contribution < -0.4 is 5.32 Å². The molecule has 1 unspecified atom stereocenters. The van der Waals surface area contributed by atoms with Gasteiger partial charge in [0.15, 0.2) is 0 Å². The van der Waals surface area contributed by atoms with E-state index in [9.17, 15) is 0 Å². The minimum absolute atomic E-state index is 0.637. The molecule has 0 amide bonds. The van der Waals surface area contributed by atoms with Gasteiger partial charge in [-0.15, -0.1) is 0 Å². The van der Waals surface area contributed by atoms with Crippen LogP contribution in [0.4, 0.5) is 0 Å². The summed E-state index contributed by atoms with van der Waals surface area (Å²) in [5.74, 6) is 0.787. The molecule has 0 aliphatic carbocycles. The summed E-state index contributed by atoms with van der Waals surface area (Å²) in [5.41, 5.74) is 2.14. The van der Waals surface area contributed by atoms with Gasteiger partial charge in [-0.1, -0.05) is 0 Å². The van der Waals surface area contributed by atoms with Crippen LogP contribution in [0.25, 0.3) is 0 Å². The summed E-state index contributed by atoms with van der Waals surface area (Å²) in [6.07, 6.45) is 3.80. The van der Waals surface area contributed by atoms with Gasteiger partial charge in [-0.25, -0.2) is 0 Å². The molecule has 1 fully saturated rings. The van der Waals surface area contributed by atoms with E-state index in [1.807, 2.05) is 18.7 Å². The monoisotopic (exact) mass is 315 g/mol. The van der Waals surface area contributed by atoms with E-state index in [2.05, 4.69) is 26.3 Å². The first-order valence-electron chi connectivity index (χ1n) is 6.65. The second-order valence-electron chi connectivity index (χ2n) is 5.02. The van der Waals surface area contributed by atoms with Crippen molar-refractivity contribution in [3.05, 3.63) is 15.9 Å². The van der Waals surface area contributed by atoms with Crippen LogP contribution in [0.1, 0.15) is 30.7 Å². The molecule has 0 radical (unpaired) electrons. The summed E-state index contributed by atoms with van der Waals surface area (Å²) in [6, 6.07) is 0. The summed E-state index contributed by atoms with van der Waals surface area (Å²) in [4.78, 5) is 0. The van der Waals surface area contributed by atoms with Crippen LogP contribution >= 0.6 is 15.9 Å². The largest absolute Gasteiger partial charge is 0.375 e. The van der Waals surface area contributed by atoms with E-state index >= 15 is 0 Å². The highest BCUT2D eigenvalue weighted by Crippen LogP contribution is 2.21. The fourth-order valence-corrected chi connectivity index (χ4v) is 2.88. The van der Waals surface area contributed by atoms with Gasteiger partial charge in [-0.05, 0) is 61.1 Å². The zero-order valence-electron chi connectivity index (χ0n) is 11.2. The van der Waals surface area contributed by atoms with Crippen LogP contribution in [0.2, 0.25) is 0 Å². The number of nitrogens with zero attached hydrogens (tertiary/aromatic N) is 2. The topological polar surface area (TPSA) is 39.1 Å². The number of aryl methyl sites for hydroxylation is 2. The van der Waals surface area contributed by atoms with E-state index in [0.29, 0.717) is 6.61 Å². The summed E-state index contributed by atoms with van der Waals surface area (Å²) < 4.78 is 8.74. The van der Waals surface area contributed by atoms with E-state index in [0.717, 1.165) is 41.4 Å².